The Labute approximate surface area is 176 Å². The molecule has 0 atom stereocenters. The van der Waals surface area contributed by atoms with E-state index in [1.54, 1.807) is 18.3 Å². The van der Waals surface area contributed by atoms with Crippen LogP contribution in [0.3, 0.4) is 0 Å². The molecule has 4 aromatic rings. The van der Waals surface area contributed by atoms with Crippen molar-refractivity contribution in [3.63, 3.8) is 0 Å². The summed E-state index contributed by atoms with van der Waals surface area (Å²) in [6.45, 7) is -0.315. The second kappa shape index (κ2) is 8.47. The molecule has 31 heavy (non-hydrogen) atoms. The quantitative estimate of drug-likeness (QED) is 0.433. The predicted octanol–water partition coefficient (Wildman–Crippen LogP) is 5.94. The molecule has 1 heterocycles. The van der Waals surface area contributed by atoms with Crippen molar-refractivity contribution in [1.82, 2.24) is 4.98 Å². The monoisotopic (exact) mass is 422 g/mol. The van der Waals surface area contributed by atoms with Gasteiger partial charge in [-0.3, -0.25) is 9.78 Å². The summed E-state index contributed by atoms with van der Waals surface area (Å²) >= 11 is 0. The average Bonchev–Trinajstić information content (AvgIpc) is 2.77. The number of rotatable bonds is 5. The Morgan fingerprint density at radius 3 is 2.42 bits per heavy atom. The van der Waals surface area contributed by atoms with E-state index in [2.05, 4.69) is 10.3 Å². The number of pyridine rings is 1. The van der Waals surface area contributed by atoms with Crippen LogP contribution in [-0.4, -0.2) is 17.5 Å². The van der Waals surface area contributed by atoms with Crippen LogP contribution in [0.1, 0.15) is 5.56 Å². The molecular formula is C24H17F3N2O2. The maximum atomic E-state index is 12.7. The summed E-state index contributed by atoms with van der Waals surface area (Å²) in [5.41, 5.74) is 0.942. The van der Waals surface area contributed by atoms with Crippen LogP contribution in [0.15, 0.2) is 85.1 Å². The van der Waals surface area contributed by atoms with Gasteiger partial charge in [0.15, 0.2) is 6.61 Å². The molecule has 0 spiro atoms. The molecule has 1 aromatic heterocycles. The SMILES string of the molecule is O=C(COc1cccnc1-c1cccc2ccccc12)Nc1ccc(C(F)(F)F)cc1. The summed E-state index contributed by atoms with van der Waals surface area (Å²) in [6, 6.07) is 21.4. The molecule has 1 N–H and O–H groups in total. The van der Waals surface area contributed by atoms with E-state index in [4.69, 9.17) is 4.74 Å². The van der Waals surface area contributed by atoms with Gasteiger partial charge in [0.1, 0.15) is 11.4 Å². The number of aromatic nitrogens is 1. The topological polar surface area (TPSA) is 51.2 Å². The van der Waals surface area contributed by atoms with E-state index >= 15 is 0 Å². The summed E-state index contributed by atoms with van der Waals surface area (Å²) in [5, 5.41) is 4.58. The first-order valence-electron chi connectivity index (χ1n) is 9.45. The molecule has 7 heteroatoms. The predicted molar refractivity (Wildman–Crippen MR) is 113 cm³/mol. The molecule has 4 nitrogen and oxygen atoms in total. The highest BCUT2D eigenvalue weighted by Crippen LogP contribution is 2.33. The fourth-order valence-corrected chi connectivity index (χ4v) is 3.22. The third-order valence-corrected chi connectivity index (χ3v) is 4.67. The molecule has 0 saturated heterocycles. The summed E-state index contributed by atoms with van der Waals surface area (Å²) < 4.78 is 43.7. The van der Waals surface area contributed by atoms with Gasteiger partial charge in [0, 0.05) is 17.4 Å². The number of halogens is 3. The summed E-state index contributed by atoms with van der Waals surface area (Å²) in [4.78, 5) is 16.7. The van der Waals surface area contributed by atoms with Gasteiger partial charge in [0.05, 0.1) is 5.56 Å². The molecule has 156 valence electrons. The van der Waals surface area contributed by atoms with E-state index in [-0.39, 0.29) is 12.3 Å². The Bertz CT molecular complexity index is 1220. The summed E-state index contributed by atoms with van der Waals surface area (Å²) in [7, 11) is 0. The van der Waals surface area contributed by atoms with E-state index in [0.717, 1.165) is 28.5 Å². The Morgan fingerprint density at radius 1 is 0.903 bits per heavy atom. The lowest BCUT2D eigenvalue weighted by Crippen LogP contribution is -2.20. The van der Waals surface area contributed by atoms with Crippen LogP contribution in [-0.2, 0) is 11.0 Å². The van der Waals surface area contributed by atoms with Crippen LogP contribution in [0.2, 0.25) is 0 Å². The molecule has 0 unspecified atom stereocenters. The molecule has 0 bridgehead atoms. The number of hydrogen-bond donors (Lipinski definition) is 1. The minimum atomic E-state index is -4.43. The van der Waals surface area contributed by atoms with Crippen LogP contribution < -0.4 is 10.1 Å². The highest BCUT2D eigenvalue weighted by Gasteiger charge is 2.30. The summed E-state index contributed by atoms with van der Waals surface area (Å²) in [6.07, 6.45) is -2.78. The van der Waals surface area contributed by atoms with Gasteiger partial charge in [-0.25, -0.2) is 0 Å². The van der Waals surface area contributed by atoms with Crippen molar-refractivity contribution >= 4 is 22.4 Å². The molecule has 3 aromatic carbocycles. The van der Waals surface area contributed by atoms with E-state index in [1.807, 2.05) is 42.5 Å². The van der Waals surface area contributed by atoms with E-state index in [1.165, 1.54) is 12.1 Å². The maximum absolute atomic E-state index is 12.7. The van der Waals surface area contributed by atoms with Crippen LogP contribution in [0.5, 0.6) is 5.75 Å². The number of alkyl halides is 3. The number of anilines is 1. The maximum Gasteiger partial charge on any atom is 0.416 e. The summed E-state index contributed by atoms with van der Waals surface area (Å²) in [5.74, 6) is -0.0612. The first kappa shape index (κ1) is 20.4. The third kappa shape index (κ3) is 4.66. The van der Waals surface area contributed by atoms with Crippen LogP contribution in [0.4, 0.5) is 18.9 Å². The standard InChI is InChI=1S/C24H17F3N2O2/c25-24(26,27)17-10-12-18(13-11-17)29-22(30)15-31-21-9-4-14-28-23(21)20-8-3-6-16-5-1-2-7-19(16)20/h1-14H,15H2,(H,29,30). The van der Waals surface area contributed by atoms with Crippen molar-refractivity contribution in [3.8, 4) is 17.0 Å². The Kier molecular flexibility index (Phi) is 5.58. The van der Waals surface area contributed by atoms with Gasteiger partial charge in [-0.2, -0.15) is 13.2 Å². The molecule has 0 aliphatic heterocycles. The Hall–Kier alpha value is -3.87. The van der Waals surface area contributed by atoms with Crippen molar-refractivity contribution in [1.29, 1.82) is 0 Å². The van der Waals surface area contributed by atoms with Gasteiger partial charge in [0.2, 0.25) is 0 Å². The lowest BCUT2D eigenvalue weighted by atomic mass is 10.0. The smallest absolute Gasteiger partial charge is 0.416 e. The zero-order valence-electron chi connectivity index (χ0n) is 16.2. The van der Waals surface area contributed by atoms with Gasteiger partial charge in [-0.1, -0.05) is 42.5 Å². The fraction of sp³-hybridized carbons (Fsp3) is 0.0833. The zero-order chi connectivity index (χ0) is 21.8. The fourth-order valence-electron chi connectivity index (χ4n) is 3.22. The van der Waals surface area contributed by atoms with Crippen molar-refractivity contribution in [3.05, 3.63) is 90.6 Å². The van der Waals surface area contributed by atoms with Crippen LogP contribution >= 0.6 is 0 Å². The number of nitrogens with one attached hydrogen (secondary N) is 1. The van der Waals surface area contributed by atoms with E-state index in [0.29, 0.717) is 11.4 Å². The lowest BCUT2D eigenvalue weighted by molar-refractivity contribution is -0.137. The largest absolute Gasteiger partial charge is 0.481 e. The Balaban J connectivity index is 1.49. The third-order valence-electron chi connectivity index (χ3n) is 4.67. The van der Waals surface area contributed by atoms with Gasteiger partial charge >= 0.3 is 6.18 Å². The molecule has 0 fully saturated rings. The number of nitrogens with zero attached hydrogens (tertiary/aromatic N) is 1. The molecule has 1 amide bonds. The van der Waals surface area contributed by atoms with Crippen molar-refractivity contribution in [2.24, 2.45) is 0 Å². The first-order chi connectivity index (χ1) is 14.9. The number of ether oxygens (including phenoxy) is 1. The second-order valence-electron chi connectivity index (χ2n) is 6.79. The van der Waals surface area contributed by atoms with E-state index in [9.17, 15) is 18.0 Å². The van der Waals surface area contributed by atoms with Gasteiger partial charge in [-0.05, 0) is 47.2 Å². The minimum Gasteiger partial charge on any atom is -0.481 e. The Morgan fingerprint density at radius 2 is 1.65 bits per heavy atom. The average molecular weight is 422 g/mol. The van der Waals surface area contributed by atoms with Gasteiger partial charge in [-0.15, -0.1) is 0 Å². The van der Waals surface area contributed by atoms with Crippen molar-refractivity contribution < 1.29 is 22.7 Å². The van der Waals surface area contributed by atoms with Gasteiger partial charge in [0.25, 0.3) is 5.91 Å². The number of benzene rings is 3. The molecule has 4 rings (SSSR count). The van der Waals surface area contributed by atoms with Crippen LogP contribution in [0, 0.1) is 0 Å². The molecule has 0 saturated carbocycles. The number of hydrogen-bond acceptors (Lipinski definition) is 3. The number of fused-ring (bicyclic) bond motifs is 1. The second-order valence-corrected chi connectivity index (χ2v) is 6.79. The van der Waals surface area contributed by atoms with E-state index < -0.39 is 17.6 Å². The number of amides is 1. The van der Waals surface area contributed by atoms with Gasteiger partial charge < -0.3 is 10.1 Å². The number of carbonyl (C=O) groups excluding carboxylic acids is 1. The highest BCUT2D eigenvalue weighted by atomic mass is 19.4. The number of carbonyl (C=O) groups is 1. The minimum absolute atomic E-state index is 0.252. The van der Waals surface area contributed by atoms with Crippen molar-refractivity contribution in [2.75, 3.05) is 11.9 Å². The molecule has 0 aliphatic rings. The lowest BCUT2D eigenvalue weighted by Gasteiger charge is -2.13. The molecule has 0 radical (unpaired) electrons. The van der Waals surface area contributed by atoms with Crippen LogP contribution in [0.25, 0.3) is 22.0 Å². The van der Waals surface area contributed by atoms with Crippen molar-refractivity contribution in [2.45, 2.75) is 6.18 Å². The molecular weight excluding hydrogens is 405 g/mol. The molecule has 0 aliphatic carbocycles. The highest BCUT2D eigenvalue weighted by molar-refractivity contribution is 5.97. The zero-order valence-corrected chi connectivity index (χ0v) is 16.2. The first-order valence-corrected chi connectivity index (χ1v) is 9.45. The normalized spacial score (nSPS) is 11.3.